The zero-order chi connectivity index (χ0) is 18.6. The van der Waals surface area contributed by atoms with Crippen molar-refractivity contribution in [1.82, 2.24) is 14.8 Å². The Balaban J connectivity index is 1.44. The van der Waals surface area contributed by atoms with E-state index >= 15 is 0 Å². The van der Waals surface area contributed by atoms with Crippen LogP contribution in [0, 0.1) is 6.92 Å². The first-order valence-corrected chi connectivity index (χ1v) is 10.4. The number of carbonyl (C=O) groups is 1. The van der Waals surface area contributed by atoms with Gasteiger partial charge in [0.1, 0.15) is 10.8 Å². The van der Waals surface area contributed by atoms with Crippen LogP contribution >= 0.6 is 11.3 Å². The molecule has 1 saturated carbocycles. The standard InChI is InChI=1S/C21H24N4OS/c1-15-12-19(25(24-15)18-10-6-3-7-11-18)23-20(26)13-17-14-27-21(22-17)16-8-4-2-5-9-16/h2,4-5,8-9,12,14,18H,3,6-7,10-11,13H2,1H3,(H,23,26). The van der Waals surface area contributed by atoms with E-state index in [1.54, 1.807) is 11.3 Å². The maximum absolute atomic E-state index is 12.6. The van der Waals surface area contributed by atoms with Crippen LogP contribution in [0.25, 0.3) is 10.6 Å². The highest BCUT2D eigenvalue weighted by Crippen LogP contribution is 2.30. The van der Waals surface area contributed by atoms with Crippen molar-refractivity contribution in [2.45, 2.75) is 51.5 Å². The molecule has 0 saturated heterocycles. The van der Waals surface area contributed by atoms with Gasteiger partial charge in [-0.3, -0.25) is 4.79 Å². The van der Waals surface area contributed by atoms with Gasteiger partial charge in [0, 0.05) is 17.0 Å². The van der Waals surface area contributed by atoms with Crippen LogP contribution in [0.4, 0.5) is 5.82 Å². The van der Waals surface area contributed by atoms with Crippen LogP contribution in [-0.4, -0.2) is 20.7 Å². The molecule has 0 spiro atoms. The molecule has 0 radical (unpaired) electrons. The lowest BCUT2D eigenvalue weighted by atomic mass is 9.96. The Morgan fingerprint density at radius 1 is 1.22 bits per heavy atom. The third kappa shape index (κ3) is 4.27. The van der Waals surface area contributed by atoms with Crippen LogP contribution in [0.5, 0.6) is 0 Å². The number of carbonyl (C=O) groups excluding carboxylic acids is 1. The Labute approximate surface area is 163 Å². The molecule has 2 heterocycles. The number of hydrogen-bond acceptors (Lipinski definition) is 4. The van der Waals surface area contributed by atoms with Crippen LogP contribution in [0.15, 0.2) is 41.8 Å². The molecule has 0 atom stereocenters. The Kier molecular flexibility index (Phi) is 5.34. The van der Waals surface area contributed by atoms with Gasteiger partial charge in [0.2, 0.25) is 5.91 Å². The zero-order valence-corrected chi connectivity index (χ0v) is 16.3. The molecule has 1 aliphatic rings. The monoisotopic (exact) mass is 380 g/mol. The minimum absolute atomic E-state index is 0.0446. The molecule has 1 amide bonds. The molecule has 0 bridgehead atoms. The van der Waals surface area contributed by atoms with Gasteiger partial charge >= 0.3 is 0 Å². The van der Waals surface area contributed by atoms with E-state index < -0.39 is 0 Å². The number of aromatic nitrogens is 3. The third-order valence-electron chi connectivity index (χ3n) is 4.96. The second-order valence-electron chi connectivity index (χ2n) is 7.14. The predicted octanol–water partition coefficient (Wildman–Crippen LogP) is 5.00. The molecule has 27 heavy (non-hydrogen) atoms. The number of rotatable bonds is 5. The maximum Gasteiger partial charge on any atom is 0.231 e. The predicted molar refractivity (Wildman–Crippen MR) is 109 cm³/mol. The third-order valence-corrected chi connectivity index (χ3v) is 5.90. The first-order valence-electron chi connectivity index (χ1n) is 9.55. The summed E-state index contributed by atoms with van der Waals surface area (Å²) in [4.78, 5) is 17.2. The summed E-state index contributed by atoms with van der Waals surface area (Å²) in [6.07, 6.45) is 6.31. The quantitative estimate of drug-likeness (QED) is 0.677. The van der Waals surface area contributed by atoms with Crippen LogP contribution in [0.2, 0.25) is 0 Å². The normalized spacial score (nSPS) is 15.0. The lowest BCUT2D eigenvalue weighted by Gasteiger charge is -2.23. The van der Waals surface area contributed by atoms with Crippen molar-refractivity contribution in [1.29, 1.82) is 0 Å². The van der Waals surface area contributed by atoms with E-state index in [0.29, 0.717) is 6.04 Å². The van der Waals surface area contributed by atoms with E-state index in [1.807, 2.05) is 53.4 Å². The molecule has 1 N–H and O–H groups in total. The molecule has 1 aromatic carbocycles. The molecule has 1 fully saturated rings. The Hall–Kier alpha value is -2.47. The molecule has 5 nitrogen and oxygen atoms in total. The SMILES string of the molecule is Cc1cc(NC(=O)Cc2csc(-c3ccccc3)n2)n(C2CCCCC2)n1. The Bertz CT molecular complexity index is 909. The van der Waals surface area contributed by atoms with Gasteiger partial charge in [0.15, 0.2) is 0 Å². The van der Waals surface area contributed by atoms with Crippen molar-refractivity contribution in [3.8, 4) is 10.6 Å². The van der Waals surface area contributed by atoms with Crippen LogP contribution in [0.1, 0.15) is 49.5 Å². The molecular weight excluding hydrogens is 356 g/mol. The van der Waals surface area contributed by atoms with Gasteiger partial charge in [-0.15, -0.1) is 11.3 Å². The number of nitrogens with one attached hydrogen (secondary N) is 1. The van der Waals surface area contributed by atoms with Crippen LogP contribution in [0.3, 0.4) is 0 Å². The number of amides is 1. The number of nitrogens with zero attached hydrogens (tertiary/aromatic N) is 3. The smallest absolute Gasteiger partial charge is 0.231 e. The average Bonchev–Trinajstić information content (AvgIpc) is 3.29. The van der Waals surface area contributed by atoms with Gasteiger partial charge in [0.25, 0.3) is 0 Å². The highest BCUT2D eigenvalue weighted by molar-refractivity contribution is 7.13. The minimum Gasteiger partial charge on any atom is -0.311 e. The summed E-state index contributed by atoms with van der Waals surface area (Å²) in [5.41, 5.74) is 2.83. The Morgan fingerprint density at radius 2 is 2.00 bits per heavy atom. The summed E-state index contributed by atoms with van der Waals surface area (Å²) >= 11 is 1.57. The molecular formula is C21H24N4OS. The second kappa shape index (κ2) is 8.05. The molecule has 1 aliphatic carbocycles. The van der Waals surface area contributed by atoms with Crippen molar-refractivity contribution in [2.75, 3.05) is 5.32 Å². The van der Waals surface area contributed by atoms with E-state index in [-0.39, 0.29) is 12.3 Å². The maximum atomic E-state index is 12.6. The molecule has 0 aliphatic heterocycles. The van der Waals surface area contributed by atoms with Crippen LogP contribution < -0.4 is 5.32 Å². The van der Waals surface area contributed by atoms with Crippen molar-refractivity contribution >= 4 is 23.1 Å². The van der Waals surface area contributed by atoms with E-state index in [0.717, 1.165) is 40.6 Å². The lowest BCUT2D eigenvalue weighted by molar-refractivity contribution is -0.115. The fourth-order valence-corrected chi connectivity index (χ4v) is 4.49. The second-order valence-corrected chi connectivity index (χ2v) is 8.00. The topological polar surface area (TPSA) is 59.8 Å². The van der Waals surface area contributed by atoms with E-state index in [2.05, 4.69) is 15.4 Å². The van der Waals surface area contributed by atoms with Crippen molar-refractivity contribution < 1.29 is 4.79 Å². The van der Waals surface area contributed by atoms with Gasteiger partial charge < -0.3 is 5.32 Å². The summed E-state index contributed by atoms with van der Waals surface area (Å²) in [6, 6.07) is 12.4. The number of thiazole rings is 1. The summed E-state index contributed by atoms with van der Waals surface area (Å²) in [5.74, 6) is 0.764. The molecule has 2 aromatic heterocycles. The number of hydrogen-bond donors (Lipinski definition) is 1. The van der Waals surface area contributed by atoms with Gasteiger partial charge in [0.05, 0.1) is 23.9 Å². The van der Waals surface area contributed by atoms with Crippen molar-refractivity contribution in [2.24, 2.45) is 0 Å². The van der Waals surface area contributed by atoms with E-state index in [9.17, 15) is 4.79 Å². The zero-order valence-electron chi connectivity index (χ0n) is 15.5. The van der Waals surface area contributed by atoms with Gasteiger partial charge in [-0.05, 0) is 19.8 Å². The van der Waals surface area contributed by atoms with E-state index in [1.165, 1.54) is 19.3 Å². The summed E-state index contributed by atoms with van der Waals surface area (Å²) in [5, 5.41) is 10.6. The largest absolute Gasteiger partial charge is 0.311 e. The lowest BCUT2D eigenvalue weighted by Crippen LogP contribution is -2.21. The average molecular weight is 381 g/mol. The fraction of sp³-hybridized carbons (Fsp3) is 0.381. The first kappa shape index (κ1) is 17.9. The van der Waals surface area contributed by atoms with E-state index in [4.69, 9.17) is 0 Å². The molecule has 140 valence electrons. The van der Waals surface area contributed by atoms with Crippen molar-refractivity contribution in [3.63, 3.8) is 0 Å². The summed E-state index contributed by atoms with van der Waals surface area (Å²) in [6.45, 7) is 1.97. The summed E-state index contributed by atoms with van der Waals surface area (Å²) < 4.78 is 2.02. The minimum atomic E-state index is -0.0446. The molecule has 3 aromatic rings. The number of anilines is 1. The molecule has 6 heteroatoms. The number of aryl methyl sites for hydroxylation is 1. The Morgan fingerprint density at radius 3 is 2.78 bits per heavy atom. The van der Waals surface area contributed by atoms with Gasteiger partial charge in [-0.1, -0.05) is 49.6 Å². The van der Waals surface area contributed by atoms with Gasteiger partial charge in [-0.2, -0.15) is 5.10 Å². The highest BCUT2D eigenvalue weighted by Gasteiger charge is 2.20. The first-order chi connectivity index (χ1) is 13.2. The fourth-order valence-electron chi connectivity index (χ4n) is 3.67. The van der Waals surface area contributed by atoms with Crippen molar-refractivity contribution in [3.05, 3.63) is 53.2 Å². The van der Waals surface area contributed by atoms with Crippen LogP contribution in [-0.2, 0) is 11.2 Å². The highest BCUT2D eigenvalue weighted by atomic mass is 32.1. The number of benzene rings is 1. The summed E-state index contributed by atoms with van der Waals surface area (Å²) in [7, 11) is 0. The molecule has 4 rings (SSSR count). The van der Waals surface area contributed by atoms with Gasteiger partial charge in [-0.25, -0.2) is 9.67 Å². The molecule has 0 unspecified atom stereocenters.